The Morgan fingerprint density at radius 3 is 2.43 bits per heavy atom. The van der Waals surface area contributed by atoms with Crippen LogP contribution >= 0.6 is 0 Å². The van der Waals surface area contributed by atoms with Gasteiger partial charge in [-0.1, -0.05) is 30.8 Å². The van der Waals surface area contributed by atoms with Crippen molar-refractivity contribution >= 4 is 17.4 Å². The highest BCUT2D eigenvalue weighted by Gasteiger charge is 2.24. The molecule has 0 saturated carbocycles. The first-order chi connectivity index (χ1) is 13.4. The molecule has 0 radical (unpaired) electrons. The summed E-state index contributed by atoms with van der Waals surface area (Å²) >= 11 is 0. The standard InChI is InChI=1S/C22H23N5O/c1-14(2)21(22(28)23-20-13-10-16(4)24-25-20)27-17(5)11-12-19(26-27)18-9-7-6-8-15(18)3/h6-13H,5H2,1-4H3,(H,23,25,28). The van der Waals surface area contributed by atoms with Gasteiger partial charge in [0.15, 0.2) is 5.82 Å². The second-order valence-corrected chi connectivity index (χ2v) is 6.80. The number of nitrogens with one attached hydrogen (secondary N) is 1. The average Bonchev–Trinajstić information content (AvgIpc) is 2.65. The Morgan fingerprint density at radius 2 is 1.79 bits per heavy atom. The van der Waals surface area contributed by atoms with E-state index in [4.69, 9.17) is 5.10 Å². The fourth-order valence-corrected chi connectivity index (χ4v) is 2.82. The predicted octanol–water partition coefficient (Wildman–Crippen LogP) is 4.12. The summed E-state index contributed by atoms with van der Waals surface area (Å²) in [4.78, 5) is 13.0. The van der Waals surface area contributed by atoms with E-state index in [1.54, 1.807) is 17.1 Å². The Kier molecular flexibility index (Phi) is 5.49. The summed E-state index contributed by atoms with van der Waals surface area (Å²) in [5.74, 6) is 0.0677. The molecule has 0 aliphatic carbocycles. The van der Waals surface area contributed by atoms with Gasteiger partial charge in [0.2, 0.25) is 0 Å². The Labute approximate surface area is 165 Å². The monoisotopic (exact) mass is 373 g/mol. The first-order valence-corrected chi connectivity index (χ1v) is 8.97. The normalized spacial score (nSPS) is 13.2. The zero-order chi connectivity index (χ0) is 20.3. The quantitative estimate of drug-likeness (QED) is 0.819. The maximum absolute atomic E-state index is 13.0. The van der Waals surface area contributed by atoms with Crippen LogP contribution in [0.3, 0.4) is 0 Å². The second-order valence-electron chi connectivity index (χ2n) is 6.80. The third-order valence-electron chi connectivity index (χ3n) is 4.27. The van der Waals surface area contributed by atoms with E-state index >= 15 is 0 Å². The molecule has 2 aromatic rings. The van der Waals surface area contributed by atoms with Crippen LogP contribution in [0.15, 0.2) is 77.2 Å². The molecule has 1 aromatic carbocycles. The van der Waals surface area contributed by atoms with E-state index in [2.05, 4.69) is 22.1 Å². The van der Waals surface area contributed by atoms with Gasteiger partial charge >= 0.3 is 0 Å². The van der Waals surface area contributed by atoms with Crippen LogP contribution in [0.1, 0.15) is 30.7 Å². The number of rotatable bonds is 4. The van der Waals surface area contributed by atoms with Gasteiger partial charge in [0.05, 0.1) is 17.1 Å². The molecule has 0 fully saturated rings. The van der Waals surface area contributed by atoms with Crippen molar-refractivity contribution in [2.24, 2.45) is 5.10 Å². The molecule has 0 unspecified atom stereocenters. The van der Waals surface area contributed by atoms with Crippen LogP contribution in [-0.4, -0.2) is 26.8 Å². The van der Waals surface area contributed by atoms with E-state index in [1.807, 2.05) is 64.1 Å². The van der Waals surface area contributed by atoms with Gasteiger partial charge in [0.1, 0.15) is 5.70 Å². The van der Waals surface area contributed by atoms with E-state index < -0.39 is 0 Å². The van der Waals surface area contributed by atoms with Gasteiger partial charge < -0.3 is 5.32 Å². The van der Waals surface area contributed by atoms with Crippen molar-refractivity contribution in [3.63, 3.8) is 0 Å². The molecule has 1 aliphatic rings. The van der Waals surface area contributed by atoms with Gasteiger partial charge in [0, 0.05) is 5.56 Å². The summed E-state index contributed by atoms with van der Waals surface area (Å²) < 4.78 is 0. The van der Waals surface area contributed by atoms with E-state index in [9.17, 15) is 4.79 Å². The average molecular weight is 373 g/mol. The Morgan fingerprint density at radius 1 is 1.04 bits per heavy atom. The molecule has 3 rings (SSSR count). The van der Waals surface area contributed by atoms with Crippen molar-refractivity contribution in [2.75, 3.05) is 5.32 Å². The summed E-state index contributed by atoms with van der Waals surface area (Å²) in [5.41, 5.74) is 5.49. The number of anilines is 1. The number of allylic oxidation sites excluding steroid dienone is 3. The fraction of sp³-hybridized carbons (Fsp3) is 0.182. The van der Waals surface area contributed by atoms with Crippen molar-refractivity contribution in [3.05, 3.63) is 88.9 Å². The molecule has 142 valence electrons. The highest BCUT2D eigenvalue weighted by molar-refractivity contribution is 6.11. The number of carbonyl (C=O) groups is 1. The number of nitrogens with zero attached hydrogens (tertiary/aromatic N) is 4. The van der Waals surface area contributed by atoms with Gasteiger partial charge in [-0.3, -0.25) is 4.79 Å². The van der Waals surface area contributed by atoms with Crippen molar-refractivity contribution in [3.8, 4) is 0 Å². The first kappa shape index (κ1) is 19.2. The lowest BCUT2D eigenvalue weighted by atomic mass is 10.0. The highest BCUT2D eigenvalue weighted by Crippen LogP contribution is 2.24. The van der Waals surface area contributed by atoms with Crippen LogP contribution in [0.25, 0.3) is 0 Å². The molecule has 1 aromatic heterocycles. The molecular weight excluding hydrogens is 350 g/mol. The number of aromatic nitrogens is 2. The van der Waals surface area contributed by atoms with Crippen molar-refractivity contribution < 1.29 is 4.79 Å². The molecule has 1 amide bonds. The van der Waals surface area contributed by atoms with Gasteiger partial charge in [-0.05, 0) is 63.1 Å². The smallest absolute Gasteiger partial charge is 0.275 e. The van der Waals surface area contributed by atoms with Crippen molar-refractivity contribution in [2.45, 2.75) is 27.7 Å². The van der Waals surface area contributed by atoms with Crippen molar-refractivity contribution in [1.82, 2.24) is 15.2 Å². The summed E-state index contributed by atoms with van der Waals surface area (Å²) in [5, 5.41) is 17.0. The van der Waals surface area contributed by atoms with E-state index in [-0.39, 0.29) is 5.91 Å². The predicted molar refractivity (Wildman–Crippen MR) is 112 cm³/mol. The molecule has 6 heteroatoms. The molecule has 1 aliphatic heterocycles. The van der Waals surface area contributed by atoms with Gasteiger partial charge in [0.25, 0.3) is 5.91 Å². The SMILES string of the molecule is C=C1C=CC(c2ccccc2C)=NN1C(C(=O)Nc1ccc(C)nn1)=C(C)C. The number of hydrogen-bond donors (Lipinski definition) is 1. The molecule has 0 saturated heterocycles. The fourth-order valence-electron chi connectivity index (χ4n) is 2.82. The maximum Gasteiger partial charge on any atom is 0.275 e. The minimum absolute atomic E-state index is 0.317. The Hall–Kier alpha value is -3.54. The third-order valence-corrected chi connectivity index (χ3v) is 4.27. The number of amides is 1. The van der Waals surface area contributed by atoms with Gasteiger partial charge in [-0.2, -0.15) is 10.2 Å². The Balaban J connectivity index is 1.94. The molecule has 28 heavy (non-hydrogen) atoms. The lowest BCUT2D eigenvalue weighted by molar-refractivity contribution is -0.114. The third kappa shape index (κ3) is 4.06. The van der Waals surface area contributed by atoms with E-state index in [1.165, 1.54) is 0 Å². The number of carbonyl (C=O) groups excluding carboxylic acids is 1. The number of benzene rings is 1. The lowest BCUT2D eigenvalue weighted by Gasteiger charge is -2.27. The molecule has 1 N–H and O–H groups in total. The minimum Gasteiger partial charge on any atom is -0.304 e. The largest absolute Gasteiger partial charge is 0.304 e. The topological polar surface area (TPSA) is 70.5 Å². The molecular formula is C22H23N5O. The second kappa shape index (κ2) is 8.00. The van der Waals surface area contributed by atoms with Crippen LogP contribution in [0.2, 0.25) is 0 Å². The van der Waals surface area contributed by atoms with Gasteiger partial charge in [-0.25, -0.2) is 5.01 Å². The first-order valence-electron chi connectivity index (χ1n) is 8.97. The van der Waals surface area contributed by atoms with Gasteiger partial charge in [-0.15, -0.1) is 5.10 Å². The molecule has 0 spiro atoms. The minimum atomic E-state index is -0.317. The van der Waals surface area contributed by atoms with Crippen LogP contribution in [0.5, 0.6) is 0 Å². The van der Waals surface area contributed by atoms with Crippen LogP contribution in [-0.2, 0) is 4.79 Å². The molecule has 6 nitrogen and oxygen atoms in total. The summed E-state index contributed by atoms with van der Waals surface area (Å²) in [7, 11) is 0. The van der Waals surface area contributed by atoms with Crippen LogP contribution in [0, 0.1) is 13.8 Å². The van der Waals surface area contributed by atoms with E-state index in [0.717, 1.165) is 28.1 Å². The maximum atomic E-state index is 13.0. The molecule has 0 bridgehead atoms. The highest BCUT2D eigenvalue weighted by atomic mass is 16.2. The molecule has 0 atom stereocenters. The van der Waals surface area contributed by atoms with Crippen LogP contribution in [0.4, 0.5) is 5.82 Å². The molecule has 2 heterocycles. The summed E-state index contributed by atoms with van der Waals surface area (Å²) in [6.07, 6.45) is 3.77. The van der Waals surface area contributed by atoms with E-state index in [0.29, 0.717) is 17.2 Å². The van der Waals surface area contributed by atoms with Crippen molar-refractivity contribution in [1.29, 1.82) is 0 Å². The summed E-state index contributed by atoms with van der Waals surface area (Å²) in [6.45, 7) is 11.6. The summed E-state index contributed by atoms with van der Waals surface area (Å²) in [6, 6.07) is 11.5. The number of hydrogen-bond acceptors (Lipinski definition) is 5. The number of hydrazone groups is 1. The lowest BCUT2D eigenvalue weighted by Crippen LogP contribution is -2.30. The zero-order valence-electron chi connectivity index (χ0n) is 16.5. The zero-order valence-corrected chi connectivity index (χ0v) is 16.5. The van der Waals surface area contributed by atoms with Crippen LogP contribution < -0.4 is 5.32 Å². The Bertz CT molecular complexity index is 1010. The number of aryl methyl sites for hydroxylation is 2.